The molecule has 0 bridgehead atoms. The first-order valence-corrected chi connectivity index (χ1v) is 16.6. The lowest BCUT2D eigenvalue weighted by Crippen LogP contribution is -2.38. The maximum absolute atomic E-state index is 13.5. The van der Waals surface area contributed by atoms with Gasteiger partial charge in [0, 0.05) is 26.3 Å². The molecular formula is C35H33N3O6S2. The SMILES string of the molecule is COC(C)(C)ON=C(C(=O)OS(=O)(=O)c1ccc(C)cc1)c1csc(NC(c2ccccc2)(c2ccccc2)c2ccccc2)n1. The second-order valence-electron chi connectivity index (χ2n) is 10.8. The Bertz CT molecular complexity index is 1810. The molecule has 1 heterocycles. The van der Waals surface area contributed by atoms with Gasteiger partial charge in [-0.15, -0.1) is 11.3 Å². The molecule has 0 spiro atoms. The molecular weight excluding hydrogens is 623 g/mol. The van der Waals surface area contributed by atoms with E-state index in [1.54, 1.807) is 31.4 Å². The lowest BCUT2D eigenvalue weighted by Gasteiger charge is -2.36. The highest BCUT2D eigenvalue weighted by Gasteiger charge is 2.38. The van der Waals surface area contributed by atoms with Crippen molar-refractivity contribution in [3.05, 3.63) is 149 Å². The number of oxime groups is 1. The monoisotopic (exact) mass is 655 g/mol. The number of aromatic nitrogens is 1. The molecule has 0 aliphatic rings. The molecule has 9 nitrogen and oxygen atoms in total. The van der Waals surface area contributed by atoms with Gasteiger partial charge in [-0.2, -0.15) is 8.42 Å². The number of carbonyl (C=O) groups excluding carboxylic acids is 1. The largest absolute Gasteiger partial charge is 0.378 e. The van der Waals surface area contributed by atoms with Crippen LogP contribution in [0.4, 0.5) is 5.13 Å². The van der Waals surface area contributed by atoms with Crippen molar-refractivity contribution >= 4 is 38.3 Å². The molecule has 0 fully saturated rings. The minimum Gasteiger partial charge on any atom is -0.360 e. The van der Waals surface area contributed by atoms with E-state index < -0.39 is 33.1 Å². The Morgan fingerprint density at radius 3 is 1.78 bits per heavy atom. The van der Waals surface area contributed by atoms with Gasteiger partial charge in [0.15, 0.2) is 5.13 Å². The van der Waals surface area contributed by atoms with Gasteiger partial charge in [0.2, 0.25) is 11.5 Å². The Kier molecular flexibility index (Phi) is 9.66. The van der Waals surface area contributed by atoms with Crippen molar-refractivity contribution in [1.82, 2.24) is 4.98 Å². The van der Waals surface area contributed by atoms with Crippen LogP contribution in [0.25, 0.3) is 0 Å². The van der Waals surface area contributed by atoms with Crippen molar-refractivity contribution in [2.45, 2.75) is 37.0 Å². The van der Waals surface area contributed by atoms with Crippen molar-refractivity contribution in [2.24, 2.45) is 5.16 Å². The number of anilines is 1. The summed E-state index contributed by atoms with van der Waals surface area (Å²) < 4.78 is 36.3. The highest BCUT2D eigenvalue weighted by atomic mass is 32.2. The van der Waals surface area contributed by atoms with Crippen LogP contribution >= 0.6 is 11.3 Å². The highest BCUT2D eigenvalue weighted by Crippen LogP contribution is 2.40. The third kappa shape index (κ3) is 7.17. The molecule has 4 aromatic carbocycles. The van der Waals surface area contributed by atoms with E-state index >= 15 is 0 Å². The van der Waals surface area contributed by atoms with Crippen molar-refractivity contribution < 1.29 is 27.0 Å². The van der Waals surface area contributed by atoms with E-state index in [0.29, 0.717) is 5.13 Å². The van der Waals surface area contributed by atoms with Gasteiger partial charge in [-0.3, -0.25) is 0 Å². The molecule has 46 heavy (non-hydrogen) atoms. The van der Waals surface area contributed by atoms with Gasteiger partial charge >= 0.3 is 16.1 Å². The smallest absolute Gasteiger partial charge is 0.360 e. The number of thiazole rings is 1. The Morgan fingerprint density at radius 2 is 1.30 bits per heavy atom. The van der Waals surface area contributed by atoms with E-state index in [0.717, 1.165) is 22.3 Å². The van der Waals surface area contributed by atoms with Crippen LogP contribution in [0.2, 0.25) is 0 Å². The molecule has 5 rings (SSSR count). The Morgan fingerprint density at radius 1 is 0.804 bits per heavy atom. The maximum atomic E-state index is 13.5. The summed E-state index contributed by atoms with van der Waals surface area (Å²) in [6, 6.07) is 35.8. The number of nitrogens with zero attached hydrogens (tertiary/aromatic N) is 2. The Hall–Kier alpha value is -4.84. The number of rotatable bonds is 12. The third-order valence-corrected chi connectivity index (χ3v) is 9.18. The van der Waals surface area contributed by atoms with Gasteiger partial charge in [0.1, 0.15) is 16.1 Å². The zero-order valence-corrected chi connectivity index (χ0v) is 27.3. The minimum atomic E-state index is -4.48. The summed E-state index contributed by atoms with van der Waals surface area (Å²) in [5.41, 5.74) is 2.41. The van der Waals surface area contributed by atoms with E-state index in [-0.39, 0.29) is 10.6 Å². The summed E-state index contributed by atoms with van der Waals surface area (Å²) >= 11 is 1.21. The average Bonchev–Trinajstić information content (AvgIpc) is 3.52. The molecule has 0 atom stereocenters. The lowest BCUT2D eigenvalue weighted by atomic mass is 9.77. The van der Waals surface area contributed by atoms with Crippen molar-refractivity contribution in [1.29, 1.82) is 0 Å². The number of hydrogen-bond acceptors (Lipinski definition) is 10. The molecule has 1 N–H and O–H groups in total. The molecule has 0 aliphatic heterocycles. The molecule has 0 unspecified atom stereocenters. The number of hydrogen-bond donors (Lipinski definition) is 1. The first kappa shape index (κ1) is 32.6. The molecule has 236 valence electrons. The molecule has 0 amide bonds. The fourth-order valence-electron chi connectivity index (χ4n) is 4.65. The van der Waals surface area contributed by atoms with Gasteiger partial charge in [0.25, 0.3) is 0 Å². The number of methoxy groups -OCH3 is 1. The number of ether oxygens (including phenoxy) is 1. The fraction of sp³-hybridized carbons (Fsp3) is 0.171. The predicted octanol–water partition coefficient (Wildman–Crippen LogP) is 6.89. The zero-order chi connectivity index (χ0) is 32.8. The Labute approximate surface area is 272 Å². The van der Waals surface area contributed by atoms with Crippen LogP contribution in [0, 0.1) is 6.92 Å². The van der Waals surface area contributed by atoms with Crippen molar-refractivity contribution in [2.75, 3.05) is 12.4 Å². The van der Waals surface area contributed by atoms with Crippen LogP contribution in [-0.4, -0.2) is 38.0 Å². The standard InChI is InChI=1S/C35H33N3O6S2/c1-25-20-22-29(23-21-25)46(40,41)43-32(39)31(38-44-34(2,3)42-4)30-24-45-33(36-30)37-35(26-14-8-5-9-15-26,27-16-10-6-11-17-27)28-18-12-7-13-19-28/h5-24H,1-4H3,(H,36,37). The summed E-state index contributed by atoms with van der Waals surface area (Å²) in [5, 5.41) is 9.63. The molecule has 0 saturated carbocycles. The molecule has 0 aliphatic carbocycles. The van der Waals surface area contributed by atoms with Crippen molar-refractivity contribution in [3.63, 3.8) is 0 Å². The van der Waals surface area contributed by atoms with Crippen LogP contribution in [-0.2, 0) is 34.2 Å². The number of nitrogens with one attached hydrogen (secondary N) is 1. The van der Waals surface area contributed by atoms with Crippen LogP contribution in [0.15, 0.2) is 131 Å². The zero-order valence-electron chi connectivity index (χ0n) is 25.7. The number of benzene rings is 4. The number of aryl methyl sites for hydroxylation is 1. The molecule has 0 saturated heterocycles. The van der Waals surface area contributed by atoms with Gasteiger partial charge in [-0.25, -0.2) is 9.78 Å². The van der Waals surface area contributed by atoms with Gasteiger partial charge < -0.3 is 19.1 Å². The summed E-state index contributed by atoms with van der Waals surface area (Å²) in [6.07, 6.45) is 0. The lowest BCUT2D eigenvalue weighted by molar-refractivity contribution is -0.197. The molecule has 5 aromatic rings. The third-order valence-electron chi connectivity index (χ3n) is 7.20. The first-order chi connectivity index (χ1) is 22.0. The van der Waals surface area contributed by atoms with Gasteiger partial charge in [-0.1, -0.05) is 114 Å². The maximum Gasteiger partial charge on any atom is 0.378 e. The molecule has 11 heteroatoms. The second kappa shape index (κ2) is 13.7. The van der Waals surface area contributed by atoms with E-state index in [1.807, 2.05) is 97.9 Å². The molecule has 1 aromatic heterocycles. The normalized spacial score (nSPS) is 12.4. The number of carbonyl (C=O) groups is 1. The van der Waals surface area contributed by atoms with Crippen LogP contribution < -0.4 is 5.32 Å². The summed E-state index contributed by atoms with van der Waals surface area (Å²) in [5.74, 6) is -2.49. The van der Waals surface area contributed by atoms with Crippen LogP contribution in [0.3, 0.4) is 0 Å². The minimum absolute atomic E-state index is 0.0478. The van der Waals surface area contributed by atoms with E-state index in [1.165, 1.54) is 30.6 Å². The quantitative estimate of drug-likeness (QED) is 0.0508. The van der Waals surface area contributed by atoms with Crippen LogP contribution in [0.5, 0.6) is 0 Å². The topological polar surface area (TPSA) is 116 Å². The van der Waals surface area contributed by atoms with Crippen LogP contribution in [0.1, 0.15) is 41.8 Å². The Balaban J connectivity index is 1.57. The van der Waals surface area contributed by atoms with E-state index in [4.69, 9.17) is 18.7 Å². The summed E-state index contributed by atoms with van der Waals surface area (Å²) in [4.78, 5) is 23.5. The van der Waals surface area contributed by atoms with Gasteiger partial charge in [0.05, 0.1) is 0 Å². The second-order valence-corrected chi connectivity index (χ2v) is 13.2. The van der Waals surface area contributed by atoms with Gasteiger partial charge in [-0.05, 0) is 35.7 Å². The fourth-order valence-corrected chi connectivity index (χ4v) is 6.25. The average molecular weight is 656 g/mol. The van der Waals surface area contributed by atoms with E-state index in [9.17, 15) is 13.2 Å². The van der Waals surface area contributed by atoms with Crippen molar-refractivity contribution in [3.8, 4) is 0 Å². The van der Waals surface area contributed by atoms with E-state index in [2.05, 4.69) is 10.5 Å². The summed E-state index contributed by atoms with van der Waals surface area (Å²) in [7, 11) is -3.06. The first-order valence-electron chi connectivity index (χ1n) is 14.3. The summed E-state index contributed by atoms with van der Waals surface area (Å²) in [6.45, 7) is 4.99. The molecule has 0 radical (unpaired) electrons. The predicted molar refractivity (Wildman–Crippen MR) is 178 cm³/mol. The highest BCUT2D eigenvalue weighted by molar-refractivity contribution is 7.87.